The summed E-state index contributed by atoms with van der Waals surface area (Å²) in [5, 5.41) is 12.5. The van der Waals surface area contributed by atoms with Crippen LogP contribution >= 0.6 is 0 Å². The summed E-state index contributed by atoms with van der Waals surface area (Å²) in [4.78, 5) is 11.6. The Bertz CT molecular complexity index is 204. The maximum absolute atomic E-state index is 11.6. The van der Waals surface area contributed by atoms with E-state index in [4.69, 9.17) is 0 Å². The lowest BCUT2D eigenvalue weighted by Gasteiger charge is -2.19. The lowest BCUT2D eigenvalue weighted by Crippen LogP contribution is -2.36. The molecule has 0 aliphatic rings. The summed E-state index contributed by atoms with van der Waals surface area (Å²) in [5.74, 6) is 1.19. The van der Waals surface area contributed by atoms with Crippen molar-refractivity contribution in [2.24, 2.45) is 17.8 Å². The number of rotatable bonds is 7. The molecule has 3 unspecified atom stereocenters. The van der Waals surface area contributed by atoms with Crippen molar-refractivity contribution in [1.82, 2.24) is 5.32 Å². The Balaban J connectivity index is 3.81. The molecule has 0 aliphatic heterocycles. The predicted molar refractivity (Wildman–Crippen MR) is 67.1 cm³/mol. The average molecular weight is 229 g/mol. The molecule has 0 aliphatic carbocycles. The van der Waals surface area contributed by atoms with Crippen LogP contribution in [-0.2, 0) is 4.79 Å². The van der Waals surface area contributed by atoms with Gasteiger partial charge in [0.15, 0.2) is 0 Å². The molecule has 0 radical (unpaired) electrons. The summed E-state index contributed by atoms with van der Waals surface area (Å²) < 4.78 is 0. The second kappa shape index (κ2) is 7.66. The lowest BCUT2D eigenvalue weighted by atomic mass is 9.94. The van der Waals surface area contributed by atoms with Crippen LogP contribution in [0.5, 0.6) is 0 Å². The van der Waals surface area contributed by atoms with Gasteiger partial charge in [0.1, 0.15) is 0 Å². The molecule has 0 aromatic rings. The minimum Gasteiger partial charge on any atom is -0.391 e. The van der Waals surface area contributed by atoms with E-state index in [1.165, 1.54) is 0 Å². The Labute approximate surface area is 99.6 Å². The molecule has 2 N–H and O–H groups in total. The summed E-state index contributed by atoms with van der Waals surface area (Å²) in [7, 11) is 0. The number of hydrogen-bond acceptors (Lipinski definition) is 2. The van der Waals surface area contributed by atoms with Crippen LogP contribution in [0.1, 0.15) is 47.5 Å². The van der Waals surface area contributed by atoms with Crippen LogP contribution < -0.4 is 5.32 Å². The number of aliphatic hydroxyl groups excluding tert-OH is 1. The van der Waals surface area contributed by atoms with Gasteiger partial charge in [-0.05, 0) is 17.8 Å². The summed E-state index contributed by atoms with van der Waals surface area (Å²) in [5.41, 5.74) is 0. The Morgan fingerprint density at radius 2 is 1.75 bits per heavy atom. The molecule has 0 saturated carbocycles. The summed E-state index contributed by atoms with van der Waals surface area (Å²) in [6.45, 7) is 10.7. The van der Waals surface area contributed by atoms with E-state index in [-0.39, 0.29) is 11.8 Å². The van der Waals surface area contributed by atoms with E-state index in [2.05, 4.69) is 26.1 Å². The van der Waals surface area contributed by atoms with Crippen LogP contribution in [0.15, 0.2) is 0 Å². The fraction of sp³-hybridized carbons (Fsp3) is 0.923. The highest BCUT2D eigenvalue weighted by Gasteiger charge is 2.15. The zero-order valence-corrected chi connectivity index (χ0v) is 11.3. The van der Waals surface area contributed by atoms with E-state index in [9.17, 15) is 9.90 Å². The first kappa shape index (κ1) is 15.4. The Morgan fingerprint density at radius 3 is 2.19 bits per heavy atom. The van der Waals surface area contributed by atoms with Gasteiger partial charge in [-0.1, -0.05) is 41.0 Å². The quantitative estimate of drug-likeness (QED) is 0.703. The first-order chi connectivity index (χ1) is 7.38. The van der Waals surface area contributed by atoms with Gasteiger partial charge < -0.3 is 10.4 Å². The third-order valence-electron chi connectivity index (χ3n) is 3.45. The average Bonchev–Trinajstić information content (AvgIpc) is 2.24. The van der Waals surface area contributed by atoms with Gasteiger partial charge in [-0.25, -0.2) is 0 Å². The highest BCUT2D eigenvalue weighted by molar-refractivity contribution is 5.76. The number of hydrogen-bond donors (Lipinski definition) is 2. The SMILES string of the molecule is CCC(C)C(O)CNC(=O)CC(C)C(C)C. The van der Waals surface area contributed by atoms with Crippen LogP contribution in [0, 0.1) is 17.8 Å². The van der Waals surface area contributed by atoms with Crippen LogP contribution in [0.2, 0.25) is 0 Å². The number of amides is 1. The monoisotopic (exact) mass is 229 g/mol. The maximum Gasteiger partial charge on any atom is 0.220 e. The molecular formula is C13H27NO2. The van der Waals surface area contributed by atoms with E-state index in [1.54, 1.807) is 0 Å². The minimum atomic E-state index is -0.427. The molecule has 0 aromatic heterocycles. The molecule has 96 valence electrons. The Morgan fingerprint density at radius 1 is 1.19 bits per heavy atom. The highest BCUT2D eigenvalue weighted by atomic mass is 16.3. The second-order valence-corrected chi connectivity index (χ2v) is 5.18. The Kier molecular flexibility index (Phi) is 7.39. The van der Waals surface area contributed by atoms with E-state index in [0.717, 1.165) is 6.42 Å². The molecule has 3 atom stereocenters. The molecule has 16 heavy (non-hydrogen) atoms. The van der Waals surface area contributed by atoms with Crippen LogP contribution in [0.25, 0.3) is 0 Å². The number of aliphatic hydroxyl groups is 1. The normalized spacial score (nSPS) is 16.9. The first-order valence-corrected chi connectivity index (χ1v) is 6.33. The summed E-state index contributed by atoms with van der Waals surface area (Å²) in [6.07, 6.45) is 1.05. The molecule has 3 nitrogen and oxygen atoms in total. The number of nitrogens with one attached hydrogen (secondary N) is 1. The molecule has 3 heteroatoms. The summed E-state index contributed by atoms with van der Waals surface area (Å²) in [6, 6.07) is 0. The van der Waals surface area contributed by atoms with E-state index in [1.807, 2.05) is 13.8 Å². The minimum absolute atomic E-state index is 0.0450. The highest BCUT2D eigenvalue weighted by Crippen LogP contribution is 2.13. The first-order valence-electron chi connectivity index (χ1n) is 6.33. The lowest BCUT2D eigenvalue weighted by molar-refractivity contribution is -0.122. The molecule has 0 heterocycles. The van der Waals surface area contributed by atoms with Crippen molar-refractivity contribution < 1.29 is 9.90 Å². The molecule has 0 rings (SSSR count). The topological polar surface area (TPSA) is 49.3 Å². The van der Waals surface area contributed by atoms with Gasteiger partial charge in [0.05, 0.1) is 6.10 Å². The van der Waals surface area contributed by atoms with Crippen LogP contribution in [0.4, 0.5) is 0 Å². The fourth-order valence-electron chi connectivity index (χ4n) is 1.29. The van der Waals surface area contributed by atoms with Crippen molar-refractivity contribution in [3.63, 3.8) is 0 Å². The molecule has 0 bridgehead atoms. The largest absolute Gasteiger partial charge is 0.391 e. The molecular weight excluding hydrogens is 202 g/mol. The third kappa shape index (κ3) is 6.11. The Hall–Kier alpha value is -0.570. The standard InChI is InChI=1S/C13H27NO2/c1-6-10(4)12(15)8-14-13(16)7-11(5)9(2)3/h9-12,15H,6-8H2,1-5H3,(H,14,16). The van der Waals surface area contributed by atoms with E-state index in [0.29, 0.717) is 24.8 Å². The van der Waals surface area contributed by atoms with Gasteiger partial charge in [-0.3, -0.25) is 4.79 Å². The van der Waals surface area contributed by atoms with Crippen molar-refractivity contribution in [3.8, 4) is 0 Å². The smallest absolute Gasteiger partial charge is 0.220 e. The van der Waals surface area contributed by atoms with Gasteiger partial charge in [-0.15, -0.1) is 0 Å². The second-order valence-electron chi connectivity index (χ2n) is 5.18. The van der Waals surface area contributed by atoms with E-state index < -0.39 is 6.10 Å². The maximum atomic E-state index is 11.6. The molecule has 0 saturated heterocycles. The molecule has 0 spiro atoms. The van der Waals surface area contributed by atoms with Gasteiger partial charge in [-0.2, -0.15) is 0 Å². The zero-order chi connectivity index (χ0) is 12.7. The van der Waals surface area contributed by atoms with Crippen molar-refractivity contribution in [2.45, 2.75) is 53.6 Å². The van der Waals surface area contributed by atoms with Crippen molar-refractivity contribution in [2.75, 3.05) is 6.54 Å². The van der Waals surface area contributed by atoms with Gasteiger partial charge in [0.25, 0.3) is 0 Å². The summed E-state index contributed by atoms with van der Waals surface area (Å²) >= 11 is 0. The fourth-order valence-corrected chi connectivity index (χ4v) is 1.29. The predicted octanol–water partition coefficient (Wildman–Crippen LogP) is 2.19. The van der Waals surface area contributed by atoms with Crippen molar-refractivity contribution >= 4 is 5.91 Å². The van der Waals surface area contributed by atoms with Crippen molar-refractivity contribution in [1.29, 1.82) is 0 Å². The van der Waals surface area contributed by atoms with Gasteiger partial charge in [0, 0.05) is 13.0 Å². The molecule has 0 fully saturated rings. The van der Waals surface area contributed by atoms with Crippen molar-refractivity contribution in [3.05, 3.63) is 0 Å². The molecule has 0 aromatic carbocycles. The number of carbonyl (C=O) groups excluding carboxylic acids is 1. The van der Waals surface area contributed by atoms with Crippen LogP contribution in [-0.4, -0.2) is 23.7 Å². The van der Waals surface area contributed by atoms with Gasteiger partial charge >= 0.3 is 0 Å². The molecule has 1 amide bonds. The zero-order valence-electron chi connectivity index (χ0n) is 11.3. The number of carbonyl (C=O) groups is 1. The third-order valence-corrected chi connectivity index (χ3v) is 3.45. The van der Waals surface area contributed by atoms with E-state index >= 15 is 0 Å². The van der Waals surface area contributed by atoms with Crippen LogP contribution in [0.3, 0.4) is 0 Å². The van der Waals surface area contributed by atoms with Gasteiger partial charge in [0.2, 0.25) is 5.91 Å².